The summed E-state index contributed by atoms with van der Waals surface area (Å²) in [7, 11) is 2.04. The minimum Gasteiger partial charge on any atom is -0.357 e. The molecule has 132 valence electrons. The predicted octanol–water partition coefficient (Wildman–Crippen LogP) is 4.36. The Labute approximate surface area is 170 Å². The number of pyridine rings is 1. The molecule has 0 aliphatic rings. The standard InChI is InChI=1S/C17H23ClN4S.HI/c1-4-19-17(22(3)12-15-7-8-16(18)23-15)20-10-9-14-6-5-13(2)21-11-14;/h5-8,11H,4,9-10,12H2,1-3H3,(H,19,20);1H. The zero-order chi connectivity index (χ0) is 16.7. The highest BCUT2D eigenvalue weighted by Crippen LogP contribution is 2.22. The zero-order valence-corrected chi connectivity index (χ0v) is 18.2. The van der Waals surface area contributed by atoms with E-state index < -0.39 is 0 Å². The lowest BCUT2D eigenvalue weighted by molar-refractivity contribution is 0.481. The predicted molar refractivity (Wildman–Crippen MR) is 115 cm³/mol. The summed E-state index contributed by atoms with van der Waals surface area (Å²) in [5.41, 5.74) is 2.25. The van der Waals surface area contributed by atoms with Crippen molar-refractivity contribution in [2.45, 2.75) is 26.8 Å². The van der Waals surface area contributed by atoms with Crippen molar-refractivity contribution < 1.29 is 0 Å². The molecule has 0 fully saturated rings. The summed E-state index contributed by atoms with van der Waals surface area (Å²) < 4.78 is 0.821. The molecular formula is C17H24ClIN4S. The van der Waals surface area contributed by atoms with Gasteiger partial charge in [-0.25, -0.2) is 0 Å². The highest BCUT2D eigenvalue weighted by Gasteiger charge is 2.08. The Morgan fingerprint density at radius 2 is 2.12 bits per heavy atom. The lowest BCUT2D eigenvalue weighted by atomic mass is 10.2. The number of hydrogen-bond acceptors (Lipinski definition) is 3. The van der Waals surface area contributed by atoms with Crippen LogP contribution in [0, 0.1) is 6.92 Å². The number of aryl methyl sites for hydroxylation is 1. The molecule has 1 N–H and O–H groups in total. The molecule has 0 saturated heterocycles. The molecule has 24 heavy (non-hydrogen) atoms. The van der Waals surface area contributed by atoms with Crippen molar-refractivity contribution >= 4 is 52.9 Å². The summed E-state index contributed by atoms with van der Waals surface area (Å²) in [5.74, 6) is 0.914. The molecule has 2 rings (SSSR count). The molecule has 0 unspecified atom stereocenters. The van der Waals surface area contributed by atoms with Crippen LogP contribution in [0.2, 0.25) is 4.34 Å². The van der Waals surface area contributed by atoms with Crippen LogP contribution in [-0.2, 0) is 13.0 Å². The molecule has 2 aromatic rings. The first kappa shape index (κ1) is 21.2. The van der Waals surface area contributed by atoms with Gasteiger partial charge in [-0.2, -0.15) is 0 Å². The number of thiophene rings is 1. The van der Waals surface area contributed by atoms with Gasteiger partial charge in [-0.3, -0.25) is 9.98 Å². The minimum absolute atomic E-state index is 0. The zero-order valence-electron chi connectivity index (χ0n) is 14.3. The van der Waals surface area contributed by atoms with Crippen molar-refractivity contribution in [1.29, 1.82) is 0 Å². The third kappa shape index (κ3) is 6.94. The monoisotopic (exact) mass is 478 g/mol. The van der Waals surface area contributed by atoms with E-state index in [1.54, 1.807) is 11.3 Å². The fraction of sp³-hybridized carbons (Fsp3) is 0.412. The van der Waals surface area contributed by atoms with Gasteiger partial charge in [0.2, 0.25) is 0 Å². The van der Waals surface area contributed by atoms with E-state index in [9.17, 15) is 0 Å². The smallest absolute Gasteiger partial charge is 0.193 e. The first-order valence-electron chi connectivity index (χ1n) is 7.73. The van der Waals surface area contributed by atoms with E-state index in [0.717, 1.165) is 42.0 Å². The summed E-state index contributed by atoms with van der Waals surface area (Å²) in [4.78, 5) is 12.4. The molecular weight excluding hydrogens is 455 g/mol. The van der Waals surface area contributed by atoms with Gasteiger partial charge in [0, 0.05) is 36.9 Å². The van der Waals surface area contributed by atoms with Gasteiger partial charge < -0.3 is 10.2 Å². The fourth-order valence-corrected chi connectivity index (χ4v) is 3.29. The van der Waals surface area contributed by atoms with E-state index in [0.29, 0.717) is 0 Å². The van der Waals surface area contributed by atoms with Crippen molar-refractivity contribution in [1.82, 2.24) is 15.2 Å². The number of nitrogens with one attached hydrogen (secondary N) is 1. The van der Waals surface area contributed by atoms with Crippen LogP contribution < -0.4 is 5.32 Å². The van der Waals surface area contributed by atoms with Gasteiger partial charge in [0.05, 0.1) is 10.9 Å². The molecule has 0 aliphatic carbocycles. The van der Waals surface area contributed by atoms with Gasteiger partial charge in [-0.15, -0.1) is 35.3 Å². The lowest BCUT2D eigenvalue weighted by Crippen LogP contribution is -2.38. The summed E-state index contributed by atoms with van der Waals surface area (Å²) >= 11 is 7.60. The van der Waals surface area contributed by atoms with Crippen molar-refractivity contribution in [2.24, 2.45) is 4.99 Å². The number of aliphatic imine (C=N–C) groups is 1. The van der Waals surface area contributed by atoms with Crippen molar-refractivity contribution in [3.8, 4) is 0 Å². The molecule has 4 nitrogen and oxygen atoms in total. The maximum Gasteiger partial charge on any atom is 0.193 e. The van der Waals surface area contributed by atoms with E-state index in [2.05, 4.69) is 34.3 Å². The summed E-state index contributed by atoms with van der Waals surface area (Å²) in [6.07, 6.45) is 2.82. The minimum atomic E-state index is 0. The van der Waals surface area contributed by atoms with Crippen molar-refractivity contribution in [2.75, 3.05) is 20.1 Å². The van der Waals surface area contributed by atoms with Crippen LogP contribution in [-0.4, -0.2) is 36.0 Å². The van der Waals surface area contributed by atoms with Crippen molar-refractivity contribution in [3.63, 3.8) is 0 Å². The van der Waals surface area contributed by atoms with Crippen LogP contribution in [0.4, 0.5) is 0 Å². The summed E-state index contributed by atoms with van der Waals surface area (Å²) in [6.45, 7) is 6.46. The topological polar surface area (TPSA) is 40.5 Å². The molecule has 2 aromatic heterocycles. The quantitative estimate of drug-likeness (QED) is 0.381. The largest absolute Gasteiger partial charge is 0.357 e. The first-order chi connectivity index (χ1) is 11.1. The Morgan fingerprint density at radius 1 is 1.33 bits per heavy atom. The van der Waals surface area contributed by atoms with Crippen LogP contribution in [0.25, 0.3) is 0 Å². The van der Waals surface area contributed by atoms with Crippen LogP contribution in [0.3, 0.4) is 0 Å². The molecule has 0 aromatic carbocycles. The van der Waals surface area contributed by atoms with E-state index in [4.69, 9.17) is 16.6 Å². The second-order valence-corrected chi connectivity index (χ2v) is 7.16. The fourth-order valence-electron chi connectivity index (χ4n) is 2.15. The van der Waals surface area contributed by atoms with Gasteiger partial charge in [0.25, 0.3) is 0 Å². The first-order valence-corrected chi connectivity index (χ1v) is 8.93. The maximum atomic E-state index is 6.00. The maximum absolute atomic E-state index is 6.00. The number of halogens is 2. The van der Waals surface area contributed by atoms with Crippen LogP contribution >= 0.6 is 46.9 Å². The third-order valence-electron chi connectivity index (χ3n) is 3.35. The molecule has 0 amide bonds. The normalized spacial score (nSPS) is 11.1. The number of rotatable bonds is 6. The Hall–Kier alpha value is -0.860. The summed E-state index contributed by atoms with van der Waals surface area (Å²) in [5, 5.41) is 3.34. The Bertz CT molecular complexity index is 642. The molecule has 0 aliphatic heterocycles. The van der Waals surface area contributed by atoms with E-state index in [1.165, 1.54) is 10.4 Å². The second kappa shape index (κ2) is 10.9. The summed E-state index contributed by atoms with van der Waals surface area (Å²) in [6, 6.07) is 8.15. The highest BCUT2D eigenvalue weighted by molar-refractivity contribution is 14.0. The average molecular weight is 479 g/mol. The Morgan fingerprint density at radius 3 is 2.71 bits per heavy atom. The SMILES string of the molecule is CCNC(=NCCc1ccc(C)nc1)N(C)Cc1ccc(Cl)s1.I. The molecule has 0 atom stereocenters. The van der Waals surface area contributed by atoms with Crippen LogP contribution in [0.15, 0.2) is 35.5 Å². The molecule has 0 radical (unpaired) electrons. The van der Waals surface area contributed by atoms with Gasteiger partial charge in [0.15, 0.2) is 5.96 Å². The van der Waals surface area contributed by atoms with Gasteiger partial charge in [0.1, 0.15) is 0 Å². The molecule has 2 heterocycles. The van der Waals surface area contributed by atoms with Gasteiger partial charge in [-0.05, 0) is 44.0 Å². The van der Waals surface area contributed by atoms with E-state index in [-0.39, 0.29) is 24.0 Å². The van der Waals surface area contributed by atoms with Crippen LogP contribution in [0.1, 0.15) is 23.1 Å². The van der Waals surface area contributed by atoms with Gasteiger partial charge >= 0.3 is 0 Å². The van der Waals surface area contributed by atoms with E-state index in [1.807, 2.05) is 32.3 Å². The molecule has 0 saturated carbocycles. The molecule has 7 heteroatoms. The number of nitrogens with zero attached hydrogens (tertiary/aromatic N) is 3. The third-order valence-corrected chi connectivity index (χ3v) is 4.57. The average Bonchev–Trinajstić information content (AvgIpc) is 2.93. The van der Waals surface area contributed by atoms with Gasteiger partial charge in [-0.1, -0.05) is 17.7 Å². The highest BCUT2D eigenvalue weighted by atomic mass is 127. The van der Waals surface area contributed by atoms with E-state index >= 15 is 0 Å². The second-order valence-electron chi connectivity index (χ2n) is 5.36. The molecule has 0 bridgehead atoms. The van der Waals surface area contributed by atoms with Crippen molar-refractivity contribution in [3.05, 3.63) is 50.9 Å². The van der Waals surface area contributed by atoms with Crippen LogP contribution in [0.5, 0.6) is 0 Å². The number of aromatic nitrogens is 1. The Balaban J connectivity index is 0.00000288. The number of guanidine groups is 1. The Kier molecular flexibility index (Phi) is 9.61. The number of hydrogen-bond donors (Lipinski definition) is 1. The lowest BCUT2D eigenvalue weighted by Gasteiger charge is -2.21. The molecule has 0 spiro atoms.